The Morgan fingerprint density at radius 1 is 0.688 bits per heavy atom. The third-order valence-electron chi connectivity index (χ3n) is 2.49. The monoisotopic (exact) mass is 213 g/mol. The van der Waals surface area contributed by atoms with Crippen molar-refractivity contribution in [1.82, 2.24) is 0 Å². The first-order valence-electron chi connectivity index (χ1n) is 5.49. The van der Waals surface area contributed by atoms with Gasteiger partial charge < -0.3 is 5.32 Å². The number of benzene rings is 2. The van der Waals surface area contributed by atoms with Crippen molar-refractivity contribution >= 4 is 5.69 Å². The number of aryl methyl sites for hydroxylation is 2. The lowest BCUT2D eigenvalue weighted by Gasteiger charge is -1.94. The van der Waals surface area contributed by atoms with Crippen molar-refractivity contribution in [1.29, 1.82) is 0 Å². The van der Waals surface area contributed by atoms with Crippen LogP contribution in [-0.4, -0.2) is 7.05 Å². The largest absolute Gasteiger partial charge is 0.388 e. The molecule has 0 fully saturated rings. The second-order valence-corrected chi connectivity index (χ2v) is 3.70. The van der Waals surface area contributed by atoms with Gasteiger partial charge in [-0.1, -0.05) is 42.5 Å². The van der Waals surface area contributed by atoms with Gasteiger partial charge in [-0.15, -0.1) is 0 Å². The van der Waals surface area contributed by atoms with Crippen molar-refractivity contribution in [2.75, 3.05) is 12.4 Å². The molecule has 0 spiro atoms. The fourth-order valence-electron chi connectivity index (χ4n) is 1.27. The summed E-state index contributed by atoms with van der Waals surface area (Å²) in [6.45, 7) is 4.24. The van der Waals surface area contributed by atoms with Gasteiger partial charge in [-0.05, 0) is 37.1 Å². The topological polar surface area (TPSA) is 12.0 Å². The molecule has 0 saturated carbocycles. The minimum absolute atomic E-state index is 1.16. The molecule has 1 nitrogen and oxygen atoms in total. The summed E-state index contributed by atoms with van der Waals surface area (Å²) < 4.78 is 0. The van der Waals surface area contributed by atoms with Gasteiger partial charge in [0, 0.05) is 12.7 Å². The van der Waals surface area contributed by atoms with Crippen LogP contribution in [0, 0.1) is 13.8 Å². The van der Waals surface area contributed by atoms with Gasteiger partial charge in [-0.2, -0.15) is 0 Å². The Morgan fingerprint density at radius 2 is 1.12 bits per heavy atom. The third-order valence-corrected chi connectivity index (χ3v) is 2.49. The molecule has 0 aliphatic rings. The zero-order chi connectivity index (χ0) is 11.8. The highest BCUT2D eigenvalue weighted by atomic mass is 14.8. The lowest BCUT2D eigenvalue weighted by molar-refractivity contribution is 1.34. The van der Waals surface area contributed by atoms with E-state index in [1.807, 2.05) is 37.4 Å². The molecule has 1 N–H and O–H groups in total. The highest BCUT2D eigenvalue weighted by molar-refractivity contribution is 5.41. The molecular formula is C15H19N. The summed E-state index contributed by atoms with van der Waals surface area (Å²) in [5, 5.41) is 3.03. The summed E-state index contributed by atoms with van der Waals surface area (Å²) in [6.07, 6.45) is 0. The van der Waals surface area contributed by atoms with Crippen LogP contribution < -0.4 is 5.32 Å². The average molecular weight is 213 g/mol. The van der Waals surface area contributed by atoms with E-state index in [0.717, 1.165) is 5.69 Å². The van der Waals surface area contributed by atoms with E-state index in [9.17, 15) is 0 Å². The summed E-state index contributed by atoms with van der Waals surface area (Å²) in [7, 11) is 1.91. The molecule has 0 saturated heterocycles. The predicted molar refractivity (Wildman–Crippen MR) is 71.9 cm³/mol. The molecular weight excluding hydrogens is 194 g/mol. The van der Waals surface area contributed by atoms with Crippen molar-refractivity contribution < 1.29 is 0 Å². The van der Waals surface area contributed by atoms with Crippen molar-refractivity contribution in [3.8, 4) is 0 Å². The number of hydrogen-bond donors (Lipinski definition) is 1. The Bertz CT molecular complexity index is 386. The summed E-state index contributed by atoms with van der Waals surface area (Å²) in [4.78, 5) is 0. The third kappa shape index (κ3) is 4.18. The number of nitrogens with one attached hydrogen (secondary N) is 1. The van der Waals surface area contributed by atoms with Gasteiger partial charge in [-0.25, -0.2) is 0 Å². The number of anilines is 1. The normalized spacial score (nSPS) is 8.94. The quantitative estimate of drug-likeness (QED) is 0.754. The van der Waals surface area contributed by atoms with Crippen LogP contribution in [0.2, 0.25) is 0 Å². The van der Waals surface area contributed by atoms with Crippen LogP contribution in [0.4, 0.5) is 5.69 Å². The van der Waals surface area contributed by atoms with Crippen LogP contribution in [-0.2, 0) is 0 Å². The molecule has 0 atom stereocenters. The second-order valence-electron chi connectivity index (χ2n) is 3.70. The van der Waals surface area contributed by atoms with Crippen molar-refractivity contribution in [3.63, 3.8) is 0 Å². The lowest BCUT2D eigenvalue weighted by Crippen LogP contribution is -1.84. The molecule has 0 amide bonds. The fourth-order valence-corrected chi connectivity index (χ4v) is 1.27. The summed E-state index contributed by atoms with van der Waals surface area (Å²) in [5.41, 5.74) is 3.90. The van der Waals surface area contributed by atoms with Gasteiger partial charge in [0.1, 0.15) is 0 Å². The van der Waals surface area contributed by atoms with E-state index in [-0.39, 0.29) is 0 Å². The van der Waals surface area contributed by atoms with Crippen molar-refractivity contribution in [2.45, 2.75) is 13.8 Å². The van der Waals surface area contributed by atoms with Gasteiger partial charge in [-0.3, -0.25) is 0 Å². The molecule has 0 aromatic heterocycles. The number of hydrogen-bond acceptors (Lipinski definition) is 1. The molecule has 84 valence electrons. The first-order valence-corrected chi connectivity index (χ1v) is 5.49. The average Bonchev–Trinajstić information content (AvgIpc) is 2.35. The fraction of sp³-hybridized carbons (Fsp3) is 0.200. The smallest absolute Gasteiger partial charge is 0.0337 e. The van der Waals surface area contributed by atoms with Gasteiger partial charge in [0.15, 0.2) is 0 Å². The van der Waals surface area contributed by atoms with Gasteiger partial charge >= 0.3 is 0 Å². The van der Waals surface area contributed by atoms with Crippen LogP contribution in [0.3, 0.4) is 0 Å². The Labute approximate surface area is 98.1 Å². The highest BCUT2D eigenvalue weighted by Crippen LogP contribution is 2.02. The van der Waals surface area contributed by atoms with E-state index >= 15 is 0 Å². The summed E-state index contributed by atoms with van der Waals surface area (Å²) >= 11 is 0. The van der Waals surface area contributed by atoms with Crippen LogP contribution in [0.15, 0.2) is 54.6 Å². The molecule has 0 heterocycles. The first-order chi connectivity index (χ1) is 7.74. The first kappa shape index (κ1) is 12.3. The molecule has 0 radical (unpaired) electrons. The summed E-state index contributed by atoms with van der Waals surface area (Å²) in [6, 6.07) is 18.4. The van der Waals surface area contributed by atoms with E-state index < -0.39 is 0 Å². The maximum Gasteiger partial charge on any atom is 0.0337 e. The highest BCUT2D eigenvalue weighted by Gasteiger charge is 1.83. The molecule has 0 bridgehead atoms. The molecule has 2 aromatic carbocycles. The minimum atomic E-state index is 1.16. The Morgan fingerprint density at radius 3 is 1.44 bits per heavy atom. The molecule has 2 aromatic rings. The van der Waals surface area contributed by atoms with E-state index in [1.165, 1.54) is 11.1 Å². The zero-order valence-corrected chi connectivity index (χ0v) is 10.2. The zero-order valence-electron chi connectivity index (χ0n) is 10.2. The standard InChI is InChI=1S/C8H10.C7H9N/c1-7-5-3-4-6-8(7)2;1-8-7-5-3-2-4-6-7/h3-6H,1-2H3;2-6,8H,1H3. The van der Waals surface area contributed by atoms with Gasteiger partial charge in [0.25, 0.3) is 0 Å². The molecule has 0 aliphatic heterocycles. The lowest BCUT2D eigenvalue weighted by atomic mass is 10.1. The van der Waals surface area contributed by atoms with Crippen LogP contribution in [0.25, 0.3) is 0 Å². The Balaban J connectivity index is 0.000000160. The number of rotatable bonds is 1. The SMILES string of the molecule is CNc1ccccc1.Cc1ccccc1C. The summed E-state index contributed by atoms with van der Waals surface area (Å²) in [5.74, 6) is 0. The molecule has 16 heavy (non-hydrogen) atoms. The van der Waals surface area contributed by atoms with Gasteiger partial charge in [0.2, 0.25) is 0 Å². The Hall–Kier alpha value is -1.76. The number of para-hydroxylation sites is 1. The Kier molecular flexibility index (Phi) is 5.13. The molecule has 2 rings (SSSR count). The maximum atomic E-state index is 3.03. The van der Waals surface area contributed by atoms with E-state index in [0.29, 0.717) is 0 Å². The van der Waals surface area contributed by atoms with Crippen molar-refractivity contribution in [3.05, 3.63) is 65.7 Å². The van der Waals surface area contributed by atoms with Crippen LogP contribution in [0.1, 0.15) is 11.1 Å². The van der Waals surface area contributed by atoms with E-state index in [1.54, 1.807) is 0 Å². The second kappa shape index (κ2) is 6.67. The maximum absolute atomic E-state index is 3.03. The van der Waals surface area contributed by atoms with Crippen molar-refractivity contribution in [2.24, 2.45) is 0 Å². The van der Waals surface area contributed by atoms with Crippen LogP contribution >= 0.6 is 0 Å². The van der Waals surface area contributed by atoms with E-state index in [2.05, 4.69) is 43.4 Å². The molecule has 1 heteroatoms. The van der Waals surface area contributed by atoms with E-state index in [4.69, 9.17) is 0 Å². The predicted octanol–water partition coefficient (Wildman–Crippen LogP) is 4.03. The van der Waals surface area contributed by atoms with Gasteiger partial charge in [0.05, 0.1) is 0 Å². The minimum Gasteiger partial charge on any atom is -0.388 e. The molecule has 0 aliphatic carbocycles. The molecule has 0 unspecified atom stereocenters. The van der Waals surface area contributed by atoms with Crippen LogP contribution in [0.5, 0.6) is 0 Å².